The SMILES string of the molecule is CC(N)C1CCN(C(=O)c2cc(Cl)cn2C)CC1.Cl. The first kappa shape index (κ1) is 16.3. The summed E-state index contributed by atoms with van der Waals surface area (Å²) in [6.45, 7) is 3.61. The number of piperidine rings is 1. The standard InChI is InChI=1S/C13H20ClN3O.ClH/c1-9(15)10-3-5-17(6-4-10)13(18)12-7-11(14)8-16(12)2;/h7-10H,3-6,15H2,1-2H3;1H. The van der Waals surface area contributed by atoms with E-state index in [9.17, 15) is 4.79 Å². The van der Waals surface area contributed by atoms with E-state index in [1.165, 1.54) is 0 Å². The third-order valence-corrected chi connectivity index (χ3v) is 3.97. The maximum absolute atomic E-state index is 12.3. The van der Waals surface area contributed by atoms with Crippen LogP contribution in [0.2, 0.25) is 5.02 Å². The normalized spacial score (nSPS) is 18.0. The van der Waals surface area contributed by atoms with Crippen molar-refractivity contribution in [1.29, 1.82) is 0 Å². The van der Waals surface area contributed by atoms with E-state index in [4.69, 9.17) is 17.3 Å². The molecular weight excluding hydrogens is 285 g/mol. The molecule has 0 saturated carbocycles. The van der Waals surface area contributed by atoms with E-state index in [0.717, 1.165) is 25.9 Å². The average Bonchev–Trinajstić information content (AvgIpc) is 2.67. The fraction of sp³-hybridized carbons (Fsp3) is 0.615. The van der Waals surface area contributed by atoms with Crippen LogP contribution in [-0.4, -0.2) is 34.5 Å². The molecule has 2 heterocycles. The number of aryl methyl sites for hydroxylation is 1. The van der Waals surface area contributed by atoms with E-state index in [1.807, 2.05) is 18.9 Å². The Morgan fingerprint density at radius 2 is 2.05 bits per heavy atom. The Bertz CT molecular complexity index is 437. The molecule has 1 amide bonds. The molecule has 0 aromatic carbocycles. The minimum Gasteiger partial charge on any atom is -0.345 e. The third-order valence-electron chi connectivity index (χ3n) is 3.76. The van der Waals surface area contributed by atoms with Crippen LogP contribution in [0.4, 0.5) is 0 Å². The Hall–Kier alpha value is -0.710. The lowest BCUT2D eigenvalue weighted by atomic mass is 9.91. The molecule has 4 nitrogen and oxygen atoms in total. The number of carbonyl (C=O) groups is 1. The molecule has 6 heteroatoms. The molecule has 19 heavy (non-hydrogen) atoms. The fourth-order valence-corrected chi connectivity index (χ4v) is 2.78. The molecule has 0 spiro atoms. The van der Waals surface area contributed by atoms with Crippen molar-refractivity contribution in [2.45, 2.75) is 25.8 Å². The van der Waals surface area contributed by atoms with Crippen LogP contribution in [0.3, 0.4) is 0 Å². The largest absolute Gasteiger partial charge is 0.345 e. The van der Waals surface area contributed by atoms with Crippen LogP contribution in [0.15, 0.2) is 12.3 Å². The fourth-order valence-electron chi connectivity index (χ4n) is 2.53. The summed E-state index contributed by atoms with van der Waals surface area (Å²) in [5, 5.41) is 0.603. The van der Waals surface area contributed by atoms with Gasteiger partial charge in [-0.15, -0.1) is 12.4 Å². The van der Waals surface area contributed by atoms with Gasteiger partial charge in [0, 0.05) is 32.4 Å². The van der Waals surface area contributed by atoms with Crippen LogP contribution < -0.4 is 5.73 Å². The monoisotopic (exact) mass is 305 g/mol. The van der Waals surface area contributed by atoms with Crippen molar-refractivity contribution in [3.63, 3.8) is 0 Å². The van der Waals surface area contributed by atoms with Gasteiger partial charge < -0.3 is 15.2 Å². The summed E-state index contributed by atoms with van der Waals surface area (Å²) in [6.07, 6.45) is 3.73. The number of likely N-dealkylation sites (tertiary alicyclic amines) is 1. The molecule has 0 bridgehead atoms. The number of halogens is 2. The molecule has 1 fully saturated rings. The first-order valence-electron chi connectivity index (χ1n) is 6.35. The molecule has 1 aromatic heterocycles. The van der Waals surface area contributed by atoms with E-state index in [0.29, 0.717) is 16.6 Å². The Kier molecular flexibility index (Phi) is 5.71. The molecule has 1 atom stereocenters. The number of nitrogens with two attached hydrogens (primary N) is 1. The highest BCUT2D eigenvalue weighted by Crippen LogP contribution is 2.22. The Morgan fingerprint density at radius 3 is 2.47 bits per heavy atom. The van der Waals surface area contributed by atoms with Crippen molar-refractivity contribution in [2.75, 3.05) is 13.1 Å². The van der Waals surface area contributed by atoms with E-state index in [1.54, 1.807) is 16.8 Å². The molecule has 1 aliphatic heterocycles. The first-order valence-corrected chi connectivity index (χ1v) is 6.73. The van der Waals surface area contributed by atoms with Gasteiger partial charge in [-0.25, -0.2) is 0 Å². The predicted molar refractivity (Wildman–Crippen MR) is 79.9 cm³/mol. The van der Waals surface area contributed by atoms with Crippen molar-refractivity contribution in [3.05, 3.63) is 23.0 Å². The highest BCUT2D eigenvalue weighted by atomic mass is 35.5. The van der Waals surface area contributed by atoms with Crippen LogP contribution in [-0.2, 0) is 7.05 Å². The number of hydrogen-bond acceptors (Lipinski definition) is 2. The number of rotatable bonds is 2. The molecule has 1 aliphatic rings. The summed E-state index contributed by atoms with van der Waals surface area (Å²) < 4.78 is 1.78. The molecule has 1 saturated heterocycles. The van der Waals surface area contributed by atoms with Crippen LogP contribution in [0.5, 0.6) is 0 Å². The predicted octanol–water partition coefficient (Wildman–Crippen LogP) is 2.30. The summed E-state index contributed by atoms with van der Waals surface area (Å²) in [4.78, 5) is 14.2. The molecule has 2 rings (SSSR count). The van der Waals surface area contributed by atoms with E-state index in [-0.39, 0.29) is 24.4 Å². The van der Waals surface area contributed by atoms with Crippen LogP contribution >= 0.6 is 24.0 Å². The smallest absolute Gasteiger partial charge is 0.270 e. The van der Waals surface area contributed by atoms with Crippen molar-refractivity contribution >= 4 is 29.9 Å². The summed E-state index contributed by atoms with van der Waals surface area (Å²) in [7, 11) is 1.84. The molecule has 108 valence electrons. The highest BCUT2D eigenvalue weighted by Gasteiger charge is 2.26. The zero-order chi connectivity index (χ0) is 13.3. The van der Waals surface area contributed by atoms with Gasteiger partial charge in [-0.05, 0) is 31.7 Å². The lowest BCUT2D eigenvalue weighted by molar-refractivity contribution is 0.0671. The molecular formula is C13H21Cl2N3O. The van der Waals surface area contributed by atoms with Gasteiger partial charge in [-0.2, -0.15) is 0 Å². The number of amides is 1. The highest BCUT2D eigenvalue weighted by molar-refractivity contribution is 6.31. The quantitative estimate of drug-likeness (QED) is 0.911. The van der Waals surface area contributed by atoms with Crippen molar-refractivity contribution in [3.8, 4) is 0 Å². The van der Waals surface area contributed by atoms with Crippen LogP contribution in [0.1, 0.15) is 30.3 Å². The van der Waals surface area contributed by atoms with Crippen LogP contribution in [0.25, 0.3) is 0 Å². The number of carbonyl (C=O) groups excluding carboxylic acids is 1. The van der Waals surface area contributed by atoms with Gasteiger partial charge in [0.05, 0.1) is 5.02 Å². The van der Waals surface area contributed by atoms with Gasteiger partial charge in [0.15, 0.2) is 0 Å². The second kappa shape index (κ2) is 6.64. The van der Waals surface area contributed by atoms with Crippen molar-refractivity contribution in [2.24, 2.45) is 18.7 Å². The number of hydrogen-bond donors (Lipinski definition) is 1. The number of aromatic nitrogens is 1. The Morgan fingerprint density at radius 1 is 1.47 bits per heavy atom. The third kappa shape index (κ3) is 3.65. The minimum absolute atomic E-state index is 0. The average molecular weight is 306 g/mol. The van der Waals surface area contributed by atoms with Gasteiger partial charge in [-0.1, -0.05) is 11.6 Å². The topological polar surface area (TPSA) is 51.3 Å². The van der Waals surface area contributed by atoms with Gasteiger partial charge in [0.1, 0.15) is 5.69 Å². The maximum atomic E-state index is 12.3. The summed E-state index contributed by atoms with van der Waals surface area (Å²) in [6, 6.07) is 1.94. The second-order valence-electron chi connectivity index (χ2n) is 5.14. The Balaban J connectivity index is 0.00000180. The van der Waals surface area contributed by atoms with E-state index in [2.05, 4.69) is 0 Å². The number of nitrogens with zero attached hydrogens (tertiary/aromatic N) is 2. The zero-order valence-corrected chi connectivity index (χ0v) is 12.9. The second-order valence-corrected chi connectivity index (χ2v) is 5.58. The van der Waals surface area contributed by atoms with Gasteiger partial charge >= 0.3 is 0 Å². The molecule has 1 unspecified atom stereocenters. The van der Waals surface area contributed by atoms with E-state index >= 15 is 0 Å². The summed E-state index contributed by atoms with van der Waals surface area (Å²) in [5.74, 6) is 0.596. The first-order chi connectivity index (χ1) is 8.49. The van der Waals surface area contributed by atoms with Gasteiger partial charge in [-0.3, -0.25) is 4.79 Å². The zero-order valence-electron chi connectivity index (χ0n) is 11.3. The van der Waals surface area contributed by atoms with Gasteiger partial charge in [0.25, 0.3) is 5.91 Å². The molecule has 1 aromatic rings. The molecule has 2 N–H and O–H groups in total. The summed E-state index contributed by atoms with van der Waals surface area (Å²) >= 11 is 5.91. The van der Waals surface area contributed by atoms with Crippen LogP contribution in [0, 0.1) is 5.92 Å². The molecule has 0 aliphatic carbocycles. The van der Waals surface area contributed by atoms with Gasteiger partial charge in [0.2, 0.25) is 0 Å². The lowest BCUT2D eigenvalue weighted by Gasteiger charge is -2.33. The van der Waals surface area contributed by atoms with E-state index < -0.39 is 0 Å². The molecule has 0 radical (unpaired) electrons. The van der Waals surface area contributed by atoms with Crippen molar-refractivity contribution in [1.82, 2.24) is 9.47 Å². The van der Waals surface area contributed by atoms with Crippen molar-refractivity contribution < 1.29 is 4.79 Å². The minimum atomic E-state index is 0. The maximum Gasteiger partial charge on any atom is 0.270 e. The Labute approximate surface area is 125 Å². The summed E-state index contributed by atoms with van der Waals surface area (Å²) in [5.41, 5.74) is 6.55. The lowest BCUT2D eigenvalue weighted by Crippen LogP contribution is -2.43.